The Balaban J connectivity index is 1.80. The Bertz CT molecular complexity index is 1300. The normalized spacial score (nSPS) is 13.4. The minimum atomic E-state index is -3.87. The zero-order chi connectivity index (χ0) is 22.2. The van der Waals surface area contributed by atoms with Gasteiger partial charge < -0.3 is 4.57 Å². The summed E-state index contributed by atoms with van der Waals surface area (Å²) in [6.45, 7) is 0.554. The number of allylic oxidation sites excluding steroid dienone is 3. The van der Waals surface area contributed by atoms with Gasteiger partial charge >= 0.3 is 10.2 Å². The number of halogens is 1. The third-order valence-electron chi connectivity index (χ3n) is 5.09. The number of imidazole rings is 1. The Hall–Kier alpha value is -2.94. The molecule has 31 heavy (non-hydrogen) atoms. The fourth-order valence-corrected chi connectivity index (χ4v) is 4.51. The largest absolute Gasteiger partial charge is 0.345 e. The molecule has 0 atom stereocenters. The van der Waals surface area contributed by atoms with E-state index >= 15 is 0 Å². The maximum Gasteiger partial charge on any atom is 0.308 e. The summed E-state index contributed by atoms with van der Waals surface area (Å²) in [7, 11) is -1.06. The molecule has 160 valence electrons. The highest BCUT2D eigenvalue weighted by Crippen LogP contribution is 2.26. The molecule has 1 aromatic carbocycles. The van der Waals surface area contributed by atoms with E-state index in [4.69, 9.17) is 11.6 Å². The smallest absolute Gasteiger partial charge is 0.308 e. The van der Waals surface area contributed by atoms with Gasteiger partial charge in [0.15, 0.2) is 5.82 Å². The first-order valence-electron chi connectivity index (χ1n) is 9.60. The fraction of sp³-hybridized carbons (Fsp3) is 0.182. The molecular formula is C22H21ClN4O3S. The zero-order valence-electron chi connectivity index (χ0n) is 17.1. The number of carbonyl (C=O) groups excluding carboxylic acids is 1. The van der Waals surface area contributed by atoms with Crippen LogP contribution in [0.3, 0.4) is 0 Å². The first-order valence-corrected chi connectivity index (χ1v) is 11.4. The van der Waals surface area contributed by atoms with Gasteiger partial charge in [0.25, 0.3) is 0 Å². The van der Waals surface area contributed by atoms with Crippen molar-refractivity contribution in [3.63, 3.8) is 0 Å². The van der Waals surface area contributed by atoms with E-state index in [-0.39, 0.29) is 5.82 Å². The zero-order valence-corrected chi connectivity index (χ0v) is 18.6. The van der Waals surface area contributed by atoms with Crippen LogP contribution < -0.4 is 0 Å². The molecule has 4 rings (SSSR count). The van der Waals surface area contributed by atoms with Crippen LogP contribution in [0.2, 0.25) is 5.02 Å². The predicted octanol–water partition coefficient (Wildman–Crippen LogP) is 3.40. The Labute approximate surface area is 186 Å². The summed E-state index contributed by atoms with van der Waals surface area (Å²) in [5.74, 6) is -0.598. The van der Waals surface area contributed by atoms with Crippen LogP contribution >= 0.6 is 11.6 Å². The van der Waals surface area contributed by atoms with Crippen molar-refractivity contribution in [1.29, 1.82) is 0 Å². The number of hydrogen-bond acceptors (Lipinski definition) is 4. The van der Waals surface area contributed by atoms with Crippen molar-refractivity contribution in [3.8, 4) is 0 Å². The Morgan fingerprint density at radius 1 is 1.19 bits per heavy atom. The van der Waals surface area contributed by atoms with E-state index in [0.29, 0.717) is 23.6 Å². The van der Waals surface area contributed by atoms with Gasteiger partial charge in [-0.25, -0.2) is 8.96 Å². The number of aromatic nitrogens is 3. The average Bonchev–Trinajstić information content (AvgIpc) is 3.28. The third-order valence-corrected chi connectivity index (χ3v) is 7.05. The van der Waals surface area contributed by atoms with Gasteiger partial charge in [0.2, 0.25) is 5.78 Å². The number of rotatable bonds is 6. The molecule has 2 aromatic heterocycles. The number of ketones is 1. The lowest BCUT2D eigenvalue weighted by Crippen LogP contribution is -2.31. The van der Waals surface area contributed by atoms with Gasteiger partial charge in [-0.05, 0) is 17.7 Å². The summed E-state index contributed by atoms with van der Waals surface area (Å²) >= 11 is 6.00. The van der Waals surface area contributed by atoms with Crippen molar-refractivity contribution >= 4 is 33.7 Å². The van der Waals surface area contributed by atoms with E-state index < -0.39 is 16.0 Å². The summed E-state index contributed by atoms with van der Waals surface area (Å²) in [5.41, 5.74) is 3.18. The lowest BCUT2D eigenvalue weighted by Gasteiger charge is -2.13. The van der Waals surface area contributed by atoms with Crippen molar-refractivity contribution in [2.24, 2.45) is 0 Å². The van der Waals surface area contributed by atoms with E-state index in [0.717, 1.165) is 25.1 Å². The van der Waals surface area contributed by atoms with Crippen molar-refractivity contribution in [2.45, 2.75) is 13.0 Å². The molecule has 1 aliphatic carbocycles. The molecule has 2 heterocycles. The topological polar surface area (TPSA) is 77.2 Å². The van der Waals surface area contributed by atoms with Gasteiger partial charge in [0.05, 0.1) is 5.56 Å². The number of hydrogen-bond donors (Lipinski definition) is 0. The van der Waals surface area contributed by atoms with Crippen LogP contribution in [0.15, 0.2) is 61.1 Å². The van der Waals surface area contributed by atoms with Crippen LogP contribution in [0.4, 0.5) is 0 Å². The summed E-state index contributed by atoms with van der Waals surface area (Å²) in [6.07, 6.45) is 12.7. The van der Waals surface area contributed by atoms with Crippen molar-refractivity contribution in [1.82, 2.24) is 17.8 Å². The molecule has 0 fully saturated rings. The third kappa shape index (κ3) is 4.01. The van der Waals surface area contributed by atoms with Crippen LogP contribution in [0.5, 0.6) is 0 Å². The van der Waals surface area contributed by atoms with Crippen molar-refractivity contribution < 1.29 is 13.2 Å². The lowest BCUT2D eigenvalue weighted by molar-refractivity contribution is 0.102. The van der Waals surface area contributed by atoms with E-state index in [1.54, 1.807) is 6.20 Å². The summed E-state index contributed by atoms with van der Waals surface area (Å²) in [4.78, 5) is 17.5. The van der Waals surface area contributed by atoms with Gasteiger partial charge in [0, 0.05) is 61.9 Å². The molecule has 0 saturated heterocycles. The Kier molecular flexibility index (Phi) is 5.70. The number of nitrogens with zero attached hydrogens (tertiary/aromatic N) is 4. The van der Waals surface area contributed by atoms with Gasteiger partial charge in [-0.15, -0.1) is 0 Å². The second-order valence-electron chi connectivity index (χ2n) is 7.31. The Morgan fingerprint density at radius 2 is 1.94 bits per heavy atom. The average molecular weight is 457 g/mol. The molecule has 1 aliphatic rings. The molecule has 0 bridgehead atoms. The van der Waals surface area contributed by atoms with Gasteiger partial charge in [0.1, 0.15) is 0 Å². The van der Waals surface area contributed by atoms with Crippen LogP contribution in [0.25, 0.3) is 6.08 Å². The molecule has 3 aromatic rings. The molecule has 0 unspecified atom stereocenters. The fourth-order valence-electron chi connectivity index (χ4n) is 3.48. The van der Waals surface area contributed by atoms with Gasteiger partial charge in [-0.2, -0.15) is 12.7 Å². The lowest BCUT2D eigenvalue weighted by atomic mass is 10.1. The van der Waals surface area contributed by atoms with E-state index in [1.165, 1.54) is 26.5 Å². The number of fused-ring (bicyclic) bond motifs is 1. The number of carbonyl (C=O) groups is 1. The van der Waals surface area contributed by atoms with E-state index in [1.807, 2.05) is 53.1 Å². The molecule has 0 amide bonds. The molecule has 9 heteroatoms. The van der Waals surface area contributed by atoms with Gasteiger partial charge in [-0.3, -0.25) is 4.79 Å². The van der Waals surface area contributed by atoms with Crippen LogP contribution in [0, 0.1) is 0 Å². The minimum Gasteiger partial charge on any atom is -0.345 e. The molecule has 0 aliphatic heterocycles. The minimum absolute atomic E-state index is 0.147. The summed E-state index contributed by atoms with van der Waals surface area (Å²) in [6, 6.07) is 7.53. The van der Waals surface area contributed by atoms with Crippen LogP contribution in [0.1, 0.15) is 33.0 Å². The Morgan fingerprint density at radius 3 is 2.65 bits per heavy atom. The van der Waals surface area contributed by atoms with Crippen LogP contribution in [-0.2, 0) is 23.2 Å². The standard InChI is InChI=1S/C22H21ClN4O3S/c1-25(2)31(29,30)27-13-12-24-22(27)21(28)19-15-26(14-16-8-10-17(23)11-9-16)20-7-5-3-4-6-18(19)20/h3-6,8-13,15H,7,14H2,1-2H3. The SMILES string of the molecule is CN(C)S(=O)(=O)n1ccnc1C(=O)c1cn(Cc2ccc(Cl)cc2)c2c1C=CC=CC2. The van der Waals surface area contributed by atoms with Crippen molar-refractivity contribution in [3.05, 3.63) is 94.3 Å². The first-order chi connectivity index (χ1) is 14.8. The second-order valence-corrected chi connectivity index (χ2v) is 9.77. The van der Waals surface area contributed by atoms with Crippen LogP contribution in [-0.4, -0.2) is 46.1 Å². The molecule has 0 saturated carbocycles. The molecule has 0 radical (unpaired) electrons. The second kappa shape index (κ2) is 8.30. The summed E-state index contributed by atoms with van der Waals surface area (Å²) < 4.78 is 29.2. The van der Waals surface area contributed by atoms with E-state index in [2.05, 4.69) is 4.98 Å². The quantitative estimate of drug-likeness (QED) is 0.533. The molecule has 0 spiro atoms. The monoisotopic (exact) mass is 456 g/mol. The highest BCUT2D eigenvalue weighted by atomic mass is 35.5. The highest BCUT2D eigenvalue weighted by Gasteiger charge is 2.28. The van der Waals surface area contributed by atoms with E-state index in [9.17, 15) is 13.2 Å². The number of benzene rings is 1. The predicted molar refractivity (Wildman–Crippen MR) is 121 cm³/mol. The maximum atomic E-state index is 13.4. The first kappa shape index (κ1) is 21.3. The summed E-state index contributed by atoms with van der Waals surface area (Å²) in [5, 5.41) is 0.658. The van der Waals surface area contributed by atoms with Crippen molar-refractivity contribution in [2.75, 3.05) is 14.1 Å². The molecule has 7 nitrogen and oxygen atoms in total. The van der Waals surface area contributed by atoms with Gasteiger partial charge in [-0.1, -0.05) is 48.0 Å². The maximum absolute atomic E-state index is 13.4. The molecular weight excluding hydrogens is 436 g/mol. The molecule has 0 N–H and O–H groups in total. The highest BCUT2D eigenvalue weighted by molar-refractivity contribution is 7.87.